The van der Waals surface area contributed by atoms with E-state index >= 15 is 0 Å². The van der Waals surface area contributed by atoms with Crippen LogP contribution in [0.2, 0.25) is 0 Å². The van der Waals surface area contributed by atoms with Gasteiger partial charge in [-0.2, -0.15) is 0 Å². The summed E-state index contributed by atoms with van der Waals surface area (Å²) in [5.74, 6) is 0.631. The smallest absolute Gasteiger partial charge is 0.222 e. The third kappa shape index (κ3) is 2.19. The van der Waals surface area contributed by atoms with Gasteiger partial charge in [0.15, 0.2) is 0 Å². The Morgan fingerprint density at radius 2 is 2.47 bits per heavy atom. The maximum absolute atomic E-state index is 11.0. The van der Waals surface area contributed by atoms with Crippen molar-refractivity contribution in [2.75, 3.05) is 18.0 Å². The van der Waals surface area contributed by atoms with E-state index in [2.05, 4.69) is 37.5 Å². The third-order valence-corrected chi connectivity index (χ3v) is 3.30. The number of carbonyl (C=O) groups is 1. The van der Waals surface area contributed by atoms with Crippen LogP contribution >= 0.6 is 22.6 Å². The van der Waals surface area contributed by atoms with Crippen molar-refractivity contribution in [1.82, 2.24) is 9.97 Å². The number of rotatable bonds is 2. The monoisotopic (exact) mass is 318 g/mol. The molecular formula is C9H11IN4O. The van der Waals surface area contributed by atoms with Crippen LogP contribution in [0.3, 0.4) is 0 Å². The van der Waals surface area contributed by atoms with E-state index in [0.717, 1.165) is 22.4 Å². The summed E-state index contributed by atoms with van der Waals surface area (Å²) in [5.41, 5.74) is 5.28. The van der Waals surface area contributed by atoms with Crippen LogP contribution in [0, 0.1) is 9.49 Å². The summed E-state index contributed by atoms with van der Waals surface area (Å²) in [6.45, 7) is 1.50. The maximum atomic E-state index is 11.0. The fourth-order valence-corrected chi connectivity index (χ4v) is 2.36. The minimum Gasteiger partial charge on any atom is -0.369 e. The number of nitrogens with two attached hydrogens (primary N) is 1. The largest absolute Gasteiger partial charge is 0.369 e. The minimum absolute atomic E-state index is 0.0456. The van der Waals surface area contributed by atoms with Crippen molar-refractivity contribution in [2.24, 2.45) is 11.7 Å². The number of hydrogen-bond acceptors (Lipinski definition) is 4. The molecular weight excluding hydrogens is 307 g/mol. The first-order chi connectivity index (χ1) is 7.18. The Kier molecular flexibility index (Phi) is 3.03. The van der Waals surface area contributed by atoms with Gasteiger partial charge < -0.3 is 10.6 Å². The second kappa shape index (κ2) is 4.30. The van der Waals surface area contributed by atoms with Crippen LogP contribution in [0.1, 0.15) is 6.42 Å². The van der Waals surface area contributed by atoms with Crippen molar-refractivity contribution in [3.63, 3.8) is 0 Å². The molecule has 1 atom stereocenters. The molecule has 0 radical (unpaired) electrons. The number of anilines is 1. The second-order valence-electron chi connectivity index (χ2n) is 3.53. The molecule has 5 nitrogen and oxygen atoms in total. The van der Waals surface area contributed by atoms with E-state index in [-0.39, 0.29) is 11.8 Å². The number of primary amides is 1. The van der Waals surface area contributed by atoms with E-state index in [1.807, 2.05) is 0 Å². The summed E-state index contributed by atoms with van der Waals surface area (Å²) in [4.78, 5) is 21.2. The van der Waals surface area contributed by atoms with Crippen LogP contribution in [0.5, 0.6) is 0 Å². The fraction of sp³-hybridized carbons (Fsp3) is 0.444. The molecule has 0 bridgehead atoms. The molecule has 1 aromatic rings. The molecule has 1 aliphatic rings. The zero-order valence-corrected chi connectivity index (χ0v) is 10.2. The van der Waals surface area contributed by atoms with E-state index in [1.54, 1.807) is 6.20 Å². The molecule has 2 heterocycles. The van der Waals surface area contributed by atoms with Gasteiger partial charge in [0.25, 0.3) is 0 Å². The molecule has 1 unspecified atom stereocenters. The molecule has 80 valence electrons. The highest BCUT2D eigenvalue weighted by atomic mass is 127. The van der Waals surface area contributed by atoms with Crippen LogP contribution in [0.4, 0.5) is 5.82 Å². The number of nitrogens with zero attached hydrogens (tertiary/aromatic N) is 3. The molecule has 1 saturated heterocycles. The van der Waals surface area contributed by atoms with E-state index < -0.39 is 0 Å². The highest BCUT2D eigenvalue weighted by molar-refractivity contribution is 14.1. The number of aromatic nitrogens is 2. The van der Waals surface area contributed by atoms with Gasteiger partial charge in [-0.25, -0.2) is 9.97 Å². The Bertz CT molecular complexity index is 384. The number of carbonyl (C=O) groups excluding carboxylic acids is 1. The Morgan fingerprint density at radius 1 is 1.67 bits per heavy atom. The molecule has 0 aliphatic carbocycles. The van der Waals surface area contributed by atoms with Gasteiger partial charge in [0.2, 0.25) is 5.91 Å². The third-order valence-electron chi connectivity index (χ3n) is 2.54. The summed E-state index contributed by atoms with van der Waals surface area (Å²) in [6.07, 6.45) is 4.10. The van der Waals surface area contributed by atoms with Crippen LogP contribution < -0.4 is 10.6 Å². The molecule has 1 fully saturated rings. The van der Waals surface area contributed by atoms with Gasteiger partial charge in [-0.1, -0.05) is 0 Å². The summed E-state index contributed by atoms with van der Waals surface area (Å²) in [5, 5.41) is 0. The molecule has 0 spiro atoms. The molecule has 2 rings (SSSR count). The van der Waals surface area contributed by atoms with Crippen LogP contribution in [0.25, 0.3) is 0 Å². The number of hydrogen-bond donors (Lipinski definition) is 1. The molecule has 0 saturated carbocycles. The molecule has 1 aliphatic heterocycles. The van der Waals surface area contributed by atoms with E-state index in [1.165, 1.54) is 6.33 Å². The molecule has 1 aromatic heterocycles. The number of halogens is 1. The van der Waals surface area contributed by atoms with Gasteiger partial charge >= 0.3 is 0 Å². The fourth-order valence-electron chi connectivity index (χ4n) is 1.72. The van der Waals surface area contributed by atoms with Crippen LogP contribution in [-0.4, -0.2) is 29.0 Å². The van der Waals surface area contributed by atoms with Crippen molar-refractivity contribution in [1.29, 1.82) is 0 Å². The van der Waals surface area contributed by atoms with Crippen molar-refractivity contribution < 1.29 is 4.79 Å². The lowest BCUT2D eigenvalue weighted by atomic mass is 10.1. The van der Waals surface area contributed by atoms with Crippen LogP contribution in [-0.2, 0) is 4.79 Å². The Hall–Kier alpha value is -0.920. The van der Waals surface area contributed by atoms with Crippen LogP contribution in [0.15, 0.2) is 12.5 Å². The summed E-state index contributed by atoms with van der Waals surface area (Å²) in [6, 6.07) is 0. The Morgan fingerprint density at radius 3 is 3.07 bits per heavy atom. The first-order valence-corrected chi connectivity index (χ1v) is 5.76. The van der Waals surface area contributed by atoms with Crippen molar-refractivity contribution in [3.05, 3.63) is 16.1 Å². The van der Waals surface area contributed by atoms with Crippen molar-refractivity contribution in [3.8, 4) is 0 Å². The minimum atomic E-state index is -0.221. The lowest BCUT2D eigenvalue weighted by molar-refractivity contribution is -0.121. The summed E-state index contributed by atoms with van der Waals surface area (Å²) >= 11 is 2.19. The van der Waals surface area contributed by atoms with Gasteiger partial charge in [-0.05, 0) is 29.0 Å². The van der Waals surface area contributed by atoms with Crippen molar-refractivity contribution in [2.45, 2.75) is 6.42 Å². The average molecular weight is 318 g/mol. The van der Waals surface area contributed by atoms with Gasteiger partial charge in [0, 0.05) is 19.3 Å². The molecule has 2 N–H and O–H groups in total. The highest BCUT2D eigenvalue weighted by Gasteiger charge is 2.28. The van der Waals surface area contributed by atoms with E-state index in [9.17, 15) is 4.79 Å². The molecule has 1 amide bonds. The SMILES string of the molecule is NC(=O)C1CCN(c2ncncc2I)C1. The Balaban J connectivity index is 2.14. The highest BCUT2D eigenvalue weighted by Crippen LogP contribution is 2.25. The molecule has 0 aromatic carbocycles. The molecule has 15 heavy (non-hydrogen) atoms. The predicted octanol–water partition coefficient (Wildman–Crippen LogP) is 0.393. The normalized spacial score (nSPS) is 20.6. The summed E-state index contributed by atoms with van der Waals surface area (Å²) < 4.78 is 1.00. The second-order valence-corrected chi connectivity index (χ2v) is 4.69. The van der Waals surface area contributed by atoms with Crippen molar-refractivity contribution >= 4 is 34.3 Å². The maximum Gasteiger partial charge on any atom is 0.222 e. The van der Waals surface area contributed by atoms with Gasteiger partial charge in [0.05, 0.1) is 9.49 Å². The van der Waals surface area contributed by atoms with Gasteiger partial charge in [0.1, 0.15) is 12.1 Å². The first-order valence-electron chi connectivity index (χ1n) is 4.68. The lowest BCUT2D eigenvalue weighted by Gasteiger charge is -2.17. The van der Waals surface area contributed by atoms with E-state index in [0.29, 0.717) is 6.54 Å². The predicted molar refractivity (Wildman–Crippen MR) is 64.3 cm³/mol. The first kappa shape index (κ1) is 10.6. The number of amides is 1. The zero-order chi connectivity index (χ0) is 10.8. The van der Waals surface area contributed by atoms with Gasteiger partial charge in [-0.15, -0.1) is 0 Å². The summed E-state index contributed by atoms with van der Waals surface area (Å²) in [7, 11) is 0. The standard InChI is InChI=1S/C9H11IN4O/c10-7-3-12-5-13-9(7)14-2-1-6(4-14)8(11)15/h3,5-6H,1-2,4H2,(H2,11,15). The van der Waals surface area contributed by atoms with Gasteiger partial charge in [-0.3, -0.25) is 4.79 Å². The quantitative estimate of drug-likeness (QED) is 0.801. The molecule has 6 heteroatoms. The Labute approximate surface area is 101 Å². The average Bonchev–Trinajstić information content (AvgIpc) is 2.67. The van der Waals surface area contributed by atoms with E-state index in [4.69, 9.17) is 5.73 Å². The topological polar surface area (TPSA) is 72.1 Å². The zero-order valence-electron chi connectivity index (χ0n) is 8.06. The lowest BCUT2D eigenvalue weighted by Crippen LogP contribution is -2.28.